The number of hydrogen-bond acceptors (Lipinski definition) is 6. The van der Waals surface area contributed by atoms with Gasteiger partial charge < -0.3 is 14.6 Å². The zero-order chi connectivity index (χ0) is 19.1. The number of halogens is 1. The standard InChI is InChI=1S/C18H16ClN3O4/c1-2-26-18(25)13(10-20)9-14-11-22(8-7-16(23)24)21-17(14)12-3-5-15(19)6-4-12/h3-6,9,11H,2,7-8H2,1H3,(H,23,24)/p-1/b13-9+. The molecular weight excluding hydrogens is 358 g/mol. The van der Waals surface area contributed by atoms with Gasteiger partial charge in [0.25, 0.3) is 0 Å². The Hall–Kier alpha value is -3.11. The van der Waals surface area contributed by atoms with E-state index >= 15 is 0 Å². The molecule has 0 radical (unpaired) electrons. The van der Waals surface area contributed by atoms with Gasteiger partial charge >= 0.3 is 5.97 Å². The fraction of sp³-hybridized carbons (Fsp3) is 0.222. The Morgan fingerprint density at radius 1 is 1.38 bits per heavy atom. The van der Waals surface area contributed by atoms with Crippen molar-refractivity contribution in [1.29, 1.82) is 5.26 Å². The second-order valence-corrected chi connectivity index (χ2v) is 5.65. The highest BCUT2D eigenvalue weighted by Gasteiger charge is 2.15. The molecule has 2 rings (SSSR count). The molecule has 0 unspecified atom stereocenters. The highest BCUT2D eigenvalue weighted by atomic mass is 35.5. The van der Waals surface area contributed by atoms with Crippen LogP contribution in [0, 0.1) is 11.3 Å². The van der Waals surface area contributed by atoms with Gasteiger partial charge in [0, 0.05) is 41.3 Å². The van der Waals surface area contributed by atoms with Crippen LogP contribution in [0.5, 0.6) is 0 Å². The summed E-state index contributed by atoms with van der Waals surface area (Å²) < 4.78 is 6.28. The highest BCUT2D eigenvalue weighted by molar-refractivity contribution is 6.30. The van der Waals surface area contributed by atoms with Crippen LogP contribution in [-0.4, -0.2) is 28.3 Å². The van der Waals surface area contributed by atoms with Gasteiger partial charge in [-0.3, -0.25) is 4.68 Å². The average molecular weight is 373 g/mol. The number of aryl methyl sites for hydroxylation is 1. The fourth-order valence-electron chi connectivity index (χ4n) is 2.20. The van der Waals surface area contributed by atoms with Gasteiger partial charge in [-0.05, 0) is 25.1 Å². The summed E-state index contributed by atoms with van der Waals surface area (Å²) in [6.07, 6.45) is 2.71. The van der Waals surface area contributed by atoms with Crippen molar-refractivity contribution in [3.63, 3.8) is 0 Å². The summed E-state index contributed by atoms with van der Waals surface area (Å²) in [5.41, 5.74) is 1.49. The van der Waals surface area contributed by atoms with E-state index in [0.29, 0.717) is 21.8 Å². The van der Waals surface area contributed by atoms with Crippen molar-refractivity contribution in [2.75, 3.05) is 6.61 Å². The lowest BCUT2D eigenvalue weighted by atomic mass is 10.1. The third kappa shape index (κ3) is 4.94. The quantitative estimate of drug-likeness (QED) is 0.416. The van der Waals surface area contributed by atoms with E-state index in [4.69, 9.17) is 16.3 Å². The molecule has 0 saturated heterocycles. The molecule has 0 aliphatic rings. The van der Waals surface area contributed by atoms with Gasteiger partial charge in [-0.25, -0.2) is 4.79 Å². The number of aliphatic carboxylic acids is 1. The van der Waals surface area contributed by atoms with Crippen LogP contribution in [0.15, 0.2) is 36.0 Å². The summed E-state index contributed by atoms with van der Waals surface area (Å²) in [7, 11) is 0. The largest absolute Gasteiger partial charge is 0.550 e. The van der Waals surface area contributed by atoms with E-state index < -0.39 is 11.9 Å². The van der Waals surface area contributed by atoms with E-state index in [2.05, 4.69) is 5.10 Å². The molecule has 0 bridgehead atoms. The molecule has 0 fully saturated rings. The Morgan fingerprint density at radius 2 is 2.08 bits per heavy atom. The van der Waals surface area contributed by atoms with Gasteiger partial charge in [-0.2, -0.15) is 10.4 Å². The molecule has 134 valence electrons. The van der Waals surface area contributed by atoms with Gasteiger partial charge in [0.05, 0.1) is 12.3 Å². The first-order valence-corrected chi connectivity index (χ1v) is 8.14. The van der Waals surface area contributed by atoms with Crippen LogP contribution in [0.25, 0.3) is 17.3 Å². The second kappa shape index (κ2) is 8.83. The number of nitriles is 1. The number of hydrogen-bond donors (Lipinski definition) is 0. The predicted octanol–water partition coefficient (Wildman–Crippen LogP) is 1.81. The minimum absolute atomic E-state index is 0.0953. The summed E-state index contributed by atoms with van der Waals surface area (Å²) in [6, 6.07) is 8.65. The lowest BCUT2D eigenvalue weighted by molar-refractivity contribution is -0.306. The third-order valence-electron chi connectivity index (χ3n) is 3.37. The zero-order valence-electron chi connectivity index (χ0n) is 13.9. The Morgan fingerprint density at radius 3 is 2.65 bits per heavy atom. The minimum Gasteiger partial charge on any atom is -0.550 e. The maximum absolute atomic E-state index is 11.8. The highest BCUT2D eigenvalue weighted by Crippen LogP contribution is 2.26. The summed E-state index contributed by atoms with van der Waals surface area (Å²) in [5, 5.41) is 24.8. The Labute approximate surface area is 155 Å². The molecule has 26 heavy (non-hydrogen) atoms. The number of aromatic nitrogens is 2. The molecule has 8 heteroatoms. The SMILES string of the molecule is CCOC(=O)/C(C#N)=C/c1cn(CCC(=O)[O-])nc1-c1ccc(Cl)cc1. The van der Waals surface area contributed by atoms with Crippen LogP contribution in [0.1, 0.15) is 18.9 Å². The zero-order valence-corrected chi connectivity index (χ0v) is 14.7. The van der Waals surface area contributed by atoms with Gasteiger partial charge in [0.2, 0.25) is 0 Å². The van der Waals surface area contributed by atoms with Crippen molar-refractivity contribution in [2.45, 2.75) is 19.9 Å². The van der Waals surface area contributed by atoms with Crippen molar-refractivity contribution in [3.8, 4) is 17.3 Å². The summed E-state index contributed by atoms with van der Waals surface area (Å²) in [4.78, 5) is 22.5. The first-order chi connectivity index (χ1) is 12.4. The van der Waals surface area contributed by atoms with Gasteiger partial charge in [-0.1, -0.05) is 23.7 Å². The van der Waals surface area contributed by atoms with Crippen molar-refractivity contribution >= 4 is 29.6 Å². The average Bonchev–Trinajstić information content (AvgIpc) is 3.01. The van der Waals surface area contributed by atoms with Gasteiger partial charge in [0.15, 0.2) is 0 Å². The lowest BCUT2D eigenvalue weighted by Gasteiger charge is -2.02. The van der Waals surface area contributed by atoms with E-state index in [1.165, 1.54) is 10.8 Å². The van der Waals surface area contributed by atoms with E-state index in [1.54, 1.807) is 43.5 Å². The number of carbonyl (C=O) groups is 2. The second-order valence-electron chi connectivity index (χ2n) is 5.22. The van der Waals surface area contributed by atoms with Crippen LogP contribution in [0.3, 0.4) is 0 Å². The molecule has 0 aliphatic carbocycles. The van der Waals surface area contributed by atoms with Crippen LogP contribution in [0.2, 0.25) is 5.02 Å². The van der Waals surface area contributed by atoms with E-state index in [0.717, 1.165) is 0 Å². The number of carboxylic acids is 1. The maximum Gasteiger partial charge on any atom is 0.348 e. The summed E-state index contributed by atoms with van der Waals surface area (Å²) in [5.74, 6) is -1.94. The Kier molecular flexibility index (Phi) is 6.53. The molecule has 2 aromatic rings. The number of carboxylic acid groups (broad SMARTS) is 1. The normalized spacial score (nSPS) is 11.0. The first kappa shape index (κ1) is 19.2. The van der Waals surface area contributed by atoms with Crippen LogP contribution in [-0.2, 0) is 20.9 Å². The molecule has 0 N–H and O–H groups in total. The molecule has 0 spiro atoms. The summed E-state index contributed by atoms with van der Waals surface area (Å²) in [6.45, 7) is 1.88. The van der Waals surface area contributed by atoms with Crippen molar-refractivity contribution in [1.82, 2.24) is 9.78 Å². The molecule has 1 aromatic carbocycles. The fourth-order valence-corrected chi connectivity index (χ4v) is 2.32. The minimum atomic E-state index is -1.20. The monoisotopic (exact) mass is 372 g/mol. The molecular formula is C18H15ClN3O4-. The van der Waals surface area contributed by atoms with E-state index in [9.17, 15) is 20.0 Å². The Bertz CT molecular complexity index is 879. The molecule has 7 nitrogen and oxygen atoms in total. The number of carbonyl (C=O) groups excluding carboxylic acids is 2. The molecule has 0 atom stereocenters. The number of benzene rings is 1. The van der Waals surface area contributed by atoms with Crippen molar-refractivity contribution in [3.05, 3.63) is 46.6 Å². The maximum atomic E-state index is 11.8. The molecule has 0 amide bonds. The lowest BCUT2D eigenvalue weighted by Crippen LogP contribution is -2.23. The predicted molar refractivity (Wildman–Crippen MR) is 92.5 cm³/mol. The number of nitrogens with zero attached hydrogens (tertiary/aromatic N) is 3. The van der Waals surface area contributed by atoms with Crippen LogP contribution in [0.4, 0.5) is 0 Å². The van der Waals surface area contributed by atoms with Crippen molar-refractivity contribution in [2.24, 2.45) is 0 Å². The molecule has 1 aromatic heterocycles. The molecule has 0 saturated carbocycles. The van der Waals surface area contributed by atoms with Gasteiger partial charge in [-0.15, -0.1) is 0 Å². The van der Waals surface area contributed by atoms with Crippen molar-refractivity contribution < 1.29 is 19.4 Å². The van der Waals surface area contributed by atoms with Crippen LogP contribution >= 0.6 is 11.6 Å². The number of ether oxygens (including phenoxy) is 1. The Balaban J connectivity index is 2.47. The van der Waals surface area contributed by atoms with Crippen LogP contribution < -0.4 is 5.11 Å². The summed E-state index contributed by atoms with van der Waals surface area (Å²) >= 11 is 5.90. The van der Waals surface area contributed by atoms with E-state index in [-0.39, 0.29) is 25.1 Å². The third-order valence-corrected chi connectivity index (χ3v) is 3.62. The topological polar surface area (TPSA) is 108 Å². The van der Waals surface area contributed by atoms with E-state index in [1.807, 2.05) is 0 Å². The first-order valence-electron chi connectivity index (χ1n) is 7.76. The molecule has 0 aliphatic heterocycles. The van der Waals surface area contributed by atoms with Gasteiger partial charge in [0.1, 0.15) is 11.6 Å². The smallest absolute Gasteiger partial charge is 0.348 e. The number of rotatable bonds is 7. The molecule has 1 heterocycles. The number of esters is 1.